The Morgan fingerprint density at radius 1 is 0.389 bits per heavy atom. The summed E-state index contributed by atoms with van der Waals surface area (Å²) in [6.07, 6.45) is 26.9. The van der Waals surface area contributed by atoms with E-state index in [4.69, 9.17) is 0 Å². The van der Waals surface area contributed by atoms with E-state index in [0.29, 0.717) is 0 Å². The minimum absolute atomic E-state index is 0.132. The molecule has 0 aromatic rings. The van der Waals surface area contributed by atoms with Crippen LogP contribution < -0.4 is 0 Å². The Kier molecular flexibility index (Phi) is 14.8. The molecule has 176 valence electrons. The summed E-state index contributed by atoms with van der Waals surface area (Å²) in [6.45, 7) is 7.44. The van der Waals surface area contributed by atoms with E-state index < -0.39 is 0 Å². The van der Waals surface area contributed by atoms with Crippen molar-refractivity contribution < 1.29 is 9.59 Å². The van der Waals surface area contributed by atoms with Crippen molar-refractivity contribution in [3.63, 3.8) is 0 Å². The Bertz CT molecular complexity index is 1280. The van der Waals surface area contributed by atoms with E-state index in [0.717, 1.165) is 22.3 Å². The number of carbonyl (C=O) groups excluding carboxylic acids is 2. The molecular weight excluding hydrogens is 440 g/mol. The Morgan fingerprint density at radius 3 is 1.00 bits per heavy atom. The summed E-state index contributed by atoms with van der Waals surface area (Å²) in [5.74, 6) is 22.6. The minimum atomic E-state index is -0.132. The lowest BCUT2D eigenvalue weighted by Crippen LogP contribution is -1.83. The monoisotopic (exact) mass is 468 g/mol. The van der Waals surface area contributed by atoms with Gasteiger partial charge in [0.15, 0.2) is 11.6 Å². The Morgan fingerprint density at radius 2 is 0.667 bits per heavy atom. The van der Waals surface area contributed by atoms with Crippen molar-refractivity contribution in [3.05, 3.63) is 120 Å². The highest BCUT2D eigenvalue weighted by Gasteiger charge is 1.87. The van der Waals surface area contributed by atoms with E-state index in [1.54, 1.807) is 48.6 Å². The predicted molar refractivity (Wildman–Crippen MR) is 151 cm³/mol. The average Bonchev–Trinajstić information content (AvgIpc) is 2.83. The Balaban J connectivity index is 3.11. The molecule has 2 nitrogen and oxygen atoms in total. The van der Waals surface area contributed by atoms with Crippen LogP contribution in [0.15, 0.2) is 120 Å². The van der Waals surface area contributed by atoms with Crippen molar-refractivity contribution in [2.75, 3.05) is 0 Å². The molecule has 0 heterocycles. The summed E-state index contributed by atoms with van der Waals surface area (Å²) in [4.78, 5) is 23.8. The summed E-state index contributed by atoms with van der Waals surface area (Å²) < 4.78 is 0. The molecule has 0 bridgehead atoms. The van der Waals surface area contributed by atoms with Crippen LogP contribution in [-0.4, -0.2) is 11.6 Å². The summed E-state index contributed by atoms with van der Waals surface area (Å²) >= 11 is 0. The second-order valence-corrected chi connectivity index (χ2v) is 7.41. The van der Waals surface area contributed by atoms with Gasteiger partial charge in [-0.25, -0.2) is 0 Å². The molecule has 0 saturated heterocycles. The van der Waals surface area contributed by atoms with E-state index in [-0.39, 0.29) is 11.6 Å². The van der Waals surface area contributed by atoms with Gasteiger partial charge in [0.05, 0.1) is 0 Å². The lowest BCUT2D eigenvalue weighted by molar-refractivity contribution is -0.111. The van der Waals surface area contributed by atoms with Gasteiger partial charge in [-0.05, 0) is 98.0 Å². The third-order valence-electron chi connectivity index (χ3n) is 4.03. The van der Waals surface area contributed by atoms with Gasteiger partial charge in [0.2, 0.25) is 0 Å². The van der Waals surface area contributed by atoms with Gasteiger partial charge in [0.25, 0.3) is 0 Å². The molecule has 0 fully saturated rings. The van der Waals surface area contributed by atoms with Crippen molar-refractivity contribution in [2.45, 2.75) is 27.7 Å². The number of rotatable bonds is 0. The highest BCUT2D eigenvalue weighted by atomic mass is 16.1. The van der Waals surface area contributed by atoms with Gasteiger partial charge >= 0.3 is 0 Å². The molecule has 1 rings (SSSR count). The molecule has 0 amide bonds. The van der Waals surface area contributed by atoms with E-state index in [1.165, 1.54) is 24.3 Å². The van der Waals surface area contributed by atoms with Gasteiger partial charge in [0.1, 0.15) is 0 Å². The number of hydrogen-bond donors (Lipinski definition) is 0. The molecule has 0 aliphatic heterocycles. The SMILES string of the molecule is CC1=C/C=C/C=C/C(=O)/C=C/C=C(/C)C#CC#CC(C)=C/C=C/C(=O)/C=C/C=C/C=C(/C)C#CC#C1. The van der Waals surface area contributed by atoms with Crippen LogP contribution in [0.5, 0.6) is 0 Å². The van der Waals surface area contributed by atoms with Crippen LogP contribution in [-0.2, 0) is 9.59 Å². The summed E-state index contributed by atoms with van der Waals surface area (Å²) in [6, 6.07) is 0. The fourth-order valence-corrected chi connectivity index (χ4v) is 2.20. The van der Waals surface area contributed by atoms with E-state index >= 15 is 0 Å². The van der Waals surface area contributed by atoms with Gasteiger partial charge in [0, 0.05) is 0 Å². The first kappa shape index (κ1) is 29.0. The first-order chi connectivity index (χ1) is 17.4. The van der Waals surface area contributed by atoms with Crippen molar-refractivity contribution in [1.82, 2.24) is 0 Å². The molecule has 0 spiro atoms. The molecule has 0 aromatic carbocycles. The van der Waals surface area contributed by atoms with Crippen LogP contribution in [0.3, 0.4) is 0 Å². The van der Waals surface area contributed by atoms with Crippen molar-refractivity contribution >= 4 is 11.6 Å². The Hall–Kier alpha value is -5.02. The van der Waals surface area contributed by atoms with Gasteiger partial charge < -0.3 is 0 Å². The summed E-state index contributed by atoms with van der Waals surface area (Å²) in [7, 11) is 0. The van der Waals surface area contributed by atoms with E-state index in [2.05, 4.69) is 47.4 Å². The predicted octanol–water partition coefficient (Wildman–Crippen LogP) is 6.27. The maximum atomic E-state index is 11.9. The summed E-state index contributed by atoms with van der Waals surface area (Å²) in [5, 5.41) is 0. The summed E-state index contributed by atoms with van der Waals surface area (Å²) in [5.41, 5.74) is 3.26. The standard InChI is InChI=1S/C34H28O2/c1-29-17-7-5-9-25-33(35)27-15-23-31(3)21-13-14-22-32(4)24-16-28-34(36)26-10-6-8-18-30(2)20-12-11-19-29/h5-10,15-18,23-28H,1-4H3/b7-5+,8-6+,25-9+,26-10+,27-15+,28-16+,29-17-,30-18?,31-23?,32-24-. The minimum Gasteiger partial charge on any atom is -0.290 e. The van der Waals surface area contributed by atoms with Crippen LogP contribution in [0.4, 0.5) is 0 Å². The molecule has 0 aromatic heterocycles. The number of carbonyl (C=O) groups is 2. The molecule has 0 N–H and O–H groups in total. The zero-order valence-corrected chi connectivity index (χ0v) is 21.1. The normalized spacial score (nSPS) is 23.6. The van der Waals surface area contributed by atoms with Gasteiger partial charge in [-0.1, -0.05) is 96.6 Å². The van der Waals surface area contributed by atoms with Crippen molar-refractivity contribution in [2.24, 2.45) is 0 Å². The molecule has 0 atom stereocenters. The fraction of sp³-hybridized carbons (Fsp3) is 0.118. The van der Waals surface area contributed by atoms with Gasteiger partial charge in [-0.3, -0.25) is 9.59 Å². The Labute approximate surface area is 215 Å². The topological polar surface area (TPSA) is 34.1 Å². The lowest BCUT2D eigenvalue weighted by atomic mass is 10.2. The molecule has 1 aliphatic rings. The molecule has 2 heteroatoms. The lowest BCUT2D eigenvalue weighted by Gasteiger charge is -1.84. The van der Waals surface area contributed by atoms with Crippen LogP contribution in [0, 0.1) is 47.4 Å². The first-order valence-electron chi connectivity index (χ1n) is 11.2. The largest absolute Gasteiger partial charge is 0.290 e. The van der Waals surface area contributed by atoms with Crippen molar-refractivity contribution in [3.8, 4) is 47.4 Å². The third kappa shape index (κ3) is 16.6. The molecule has 0 unspecified atom stereocenters. The van der Waals surface area contributed by atoms with Crippen LogP contribution in [0.2, 0.25) is 0 Å². The van der Waals surface area contributed by atoms with Crippen molar-refractivity contribution in [1.29, 1.82) is 0 Å². The van der Waals surface area contributed by atoms with Crippen LogP contribution in [0.1, 0.15) is 27.7 Å². The van der Waals surface area contributed by atoms with E-state index in [9.17, 15) is 9.59 Å². The number of hydrogen-bond acceptors (Lipinski definition) is 2. The van der Waals surface area contributed by atoms with E-state index in [1.807, 2.05) is 52.0 Å². The highest BCUT2D eigenvalue weighted by Crippen LogP contribution is 1.95. The quantitative estimate of drug-likeness (QED) is 0.393. The maximum absolute atomic E-state index is 11.9. The number of allylic oxidation sites excluding steroid dienone is 20. The van der Waals surface area contributed by atoms with Gasteiger partial charge in [-0.2, -0.15) is 0 Å². The zero-order valence-electron chi connectivity index (χ0n) is 21.1. The highest BCUT2D eigenvalue weighted by molar-refractivity contribution is 6.00. The van der Waals surface area contributed by atoms with Gasteiger partial charge in [-0.15, -0.1) is 0 Å². The third-order valence-corrected chi connectivity index (χ3v) is 4.03. The number of ketones is 2. The zero-order chi connectivity index (χ0) is 26.4. The second-order valence-electron chi connectivity index (χ2n) is 7.41. The maximum Gasteiger partial charge on any atom is 0.178 e. The second kappa shape index (κ2) is 18.4. The fourth-order valence-electron chi connectivity index (χ4n) is 2.20. The average molecular weight is 469 g/mol. The smallest absolute Gasteiger partial charge is 0.178 e. The van der Waals surface area contributed by atoms with Crippen LogP contribution in [0.25, 0.3) is 0 Å². The molecule has 36 heavy (non-hydrogen) atoms. The first-order valence-corrected chi connectivity index (χ1v) is 11.2. The molecule has 1 aliphatic carbocycles. The molecular formula is C34H28O2. The molecule has 0 radical (unpaired) electrons. The molecule has 0 saturated carbocycles. The van der Waals surface area contributed by atoms with Crippen LogP contribution >= 0.6 is 0 Å².